The van der Waals surface area contributed by atoms with Crippen molar-refractivity contribution in [3.8, 4) is 5.69 Å². The highest BCUT2D eigenvalue weighted by Gasteiger charge is 2.33. The predicted octanol–water partition coefficient (Wildman–Crippen LogP) is 4.38. The van der Waals surface area contributed by atoms with Crippen LogP contribution in [0.15, 0.2) is 42.5 Å². The largest absolute Gasteiger partial charge is 0.306 e. The molecule has 1 atom stereocenters. The van der Waals surface area contributed by atoms with Crippen LogP contribution in [-0.2, 0) is 0 Å². The first-order valence-corrected chi connectivity index (χ1v) is 7.86. The summed E-state index contributed by atoms with van der Waals surface area (Å²) < 4.78 is 4.78. The van der Waals surface area contributed by atoms with Crippen LogP contribution in [0.2, 0.25) is 0 Å². The molecule has 0 amide bonds. The van der Waals surface area contributed by atoms with Gasteiger partial charge in [0.25, 0.3) is 0 Å². The molecular weight excluding hydrogens is 268 g/mol. The second-order valence-corrected chi connectivity index (χ2v) is 6.36. The van der Waals surface area contributed by atoms with Gasteiger partial charge >= 0.3 is 0 Å². The second-order valence-electron chi connectivity index (χ2n) is 6.36. The van der Waals surface area contributed by atoms with E-state index < -0.39 is 0 Å². The van der Waals surface area contributed by atoms with E-state index in [2.05, 4.69) is 85.6 Å². The van der Waals surface area contributed by atoms with E-state index in [9.17, 15) is 0 Å². The first-order valence-electron chi connectivity index (χ1n) is 7.86. The van der Waals surface area contributed by atoms with Crippen LogP contribution >= 0.6 is 0 Å². The minimum atomic E-state index is 0.390. The van der Waals surface area contributed by atoms with Crippen LogP contribution in [0.1, 0.15) is 35.3 Å². The summed E-state index contributed by atoms with van der Waals surface area (Å²) >= 11 is 0. The first kappa shape index (κ1) is 13.3. The van der Waals surface area contributed by atoms with Crippen molar-refractivity contribution < 1.29 is 4.58 Å². The van der Waals surface area contributed by atoms with Crippen LogP contribution in [-0.4, -0.2) is 22.4 Å². The van der Waals surface area contributed by atoms with Gasteiger partial charge in [-0.2, -0.15) is 0 Å². The maximum Gasteiger partial charge on any atom is 0.190 e. The Kier molecular flexibility index (Phi) is 2.77. The van der Waals surface area contributed by atoms with E-state index >= 15 is 0 Å². The number of aryl methyl sites for hydroxylation is 2. The molecule has 0 N–H and O–H groups in total. The zero-order valence-corrected chi connectivity index (χ0v) is 13.6. The quantitative estimate of drug-likeness (QED) is 0.587. The van der Waals surface area contributed by atoms with E-state index in [1.807, 2.05) is 0 Å². The first-order chi connectivity index (χ1) is 10.6. The molecule has 0 bridgehead atoms. The standard InChI is InChI=1S/C20H21N2/c1-13-8-7-9-14(2)19(13)22-18-11-6-5-10-16(18)17-12-21(4)15(3)20(17)22/h5-12,15H,1-4H3/q+1. The molecule has 1 unspecified atom stereocenters. The molecule has 2 aromatic carbocycles. The molecule has 1 aliphatic rings. The van der Waals surface area contributed by atoms with Crippen LogP contribution in [0.3, 0.4) is 0 Å². The summed E-state index contributed by atoms with van der Waals surface area (Å²) in [6.07, 6.45) is 2.28. The zero-order chi connectivity index (χ0) is 15.4. The number of fused-ring (bicyclic) bond motifs is 3. The predicted molar refractivity (Wildman–Crippen MR) is 92.5 cm³/mol. The number of aromatic nitrogens is 1. The molecule has 0 aliphatic carbocycles. The third-order valence-corrected chi connectivity index (χ3v) is 4.95. The molecule has 4 rings (SSSR count). The van der Waals surface area contributed by atoms with Crippen molar-refractivity contribution in [1.82, 2.24) is 4.57 Å². The second kappa shape index (κ2) is 4.57. The fraction of sp³-hybridized carbons (Fsp3) is 0.250. The summed E-state index contributed by atoms with van der Waals surface area (Å²) in [5.74, 6) is 0. The number of hydrogen-bond acceptors (Lipinski definition) is 0. The summed E-state index contributed by atoms with van der Waals surface area (Å²) in [5.41, 5.74) is 8.06. The van der Waals surface area contributed by atoms with E-state index in [-0.39, 0.29) is 0 Å². The van der Waals surface area contributed by atoms with Gasteiger partial charge in [-0.25, -0.2) is 4.58 Å². The van der Waals surface area contributed by atoms with E-state index in [1.165, 1.54) is 39.0 Å². The maximum atomic E-state index is 2.47. The molecule has 0 fully saturated rings. The molecule has 3 aromatic rings. The lowest BCUT2D eigenvalue weighted by Crippen LogP contribution is -2.11. The van der Waals surface area contributed by atoms with E-state index in [0.717, 1.165) is 0 Å². The Morgan fingerprint density at radius 3 is 2.36 bits per heavy atom. The molecule has 0 spiro atoms. The number of rotatable bonds is 1. The highest BCUT2D eigenvalue weighted by atomic mass is 15.1. The van der Waals surface area contributed by atoms with Crippen molar-refractivity contribution in [2.75, 3.05) is 7.05 Å². The van der Waals surface area contributed by atoms with Crippen LogP contribution in [0, 0.1) is 13.8 Å². The molecule has 0 saturated heterocycles. The SMILES string of the molecule is Cc1cccc(C)c1-n1c2c(c3ccccc31)C=[N+](C)C2C. The molecule has 2 heteroatoms. The topological polar surface area (TPSA) is 7.94 Å². The van der Waals surface area contributed by atoms with Crippen LogP contribution in [0.5, 0.6) is 0 Å². The van der Waals surface area contributed by atoms with Gasteiger partial charge in [0.1, 0.15) is 12.7 Å². The number of nitrogens with zero attached hydrogens (tertiary/aromatic N) is 2. The molecule has 0 radical (unpaired) electrons. The van der Waals surface area contributed by atoms with Gasteiger partial charge in [0.15, 0.2) is 12.3 Å². The number of para-hydroxylation sites is 2. The van der Waals surface area contributed by atoms with Crippen LogP contribution in [0.25, 0.3) is 16.6 Å². The Morgan fingerprint density at radius 2 is 1.64 bits per heavy atom. The van der Waals surface area contributed by atoms with Gasteiger partial charge in [-0.05, 0) is 31.0 Å². The van der Waals surface area contributed by atoms with E-state index in [4.69, 9.17) is 0 Å². The molecule has 1 aliphatic heterocycles. The summed E-state index contributed by atoms with van der Waals surface area (Å²) in [4.78, 5) is 0. The van der Waals surface area contributed by atoms with Crippen molar-refractivity contribution in [3.63, 3.8) is 0 Å². The zero-order valence-electron chi connectivity index (χ0n) is 13.6. The van der Waals surface area contributed by atoms with Crippen molar-refractivity contribution in [2.45, 2.75) is 26.8 Å². The lowest BCUT2D eigenvalue weighted by atomic mass is 10.1. The normalized spacial score (nSPS) is 16.9. The molecule has 110 valence electrons. The Bertz CT molecular complexity index is 908. The van der Waals surface area contributed by atoms with Gasteiger partial charge in [0.05, 0.1) is 16.8 Å². The minimum absolute atomic E-state index is 0.390. The van der Waals surface area contributed by atoms with Gasteiger partial charge in [0.2, 0.25) is 0 Å². The highest BCUT2D eigenvalue weighted by molar-refractivity contribution is 6.02. The van der Waals surface area contributed by atoms with Crippen LogP contribution < -0.4 is 0 Å². The highest BCUT2D eigenvalue weighted by Crippen LogP contribution is 2.37. The molecule has 2 heterocycles. The lowest BCUT2D eigenvalue weighted by molar-refractivity contribution is -0.531. The van der Waals surface area contributed by atoms with Gasteiger partial charge in [-0.15, -0.1) is 0 Å². The number of benzene rings is 2. The molecular formula is C20H21N2+. The molecule has 22 heavy (non-hydrogen) atoms. The maximum absolute atomic E-state index is 2.47. The van der Waals surface area contributed by atoms with Gasteiger partial charge in [-0.3, -0.25) is 0 Å². The molecule has 1 aromatic heterocycles. The summed E-state index contributed by atoms with van der Waals surface area (Å²) in [6.45, 7) is 6.69. The Hall–Kier alpha value is -2.35. The van der Waals surface area contributed by atoms with Crippen molar-refractivity contribution in [2.24, 2.45) is 0 Å². The average Bonchev–Trinajstić information content (AvgIpc) is 2.96. The van der Waals surface area contributed by atoms with Gasteiger partial charge < -0.3 is 4.57 Å². The molecule has 2 nitrogen and oxygen atoms in total. The lowest BCUT2D eigenvalue weighted by Gasteiger charge is -2.16. The molecule has 0 saturated carbocycles. The Labute approximate surface area is 131 Å². The average molecular weight is 289 g/mol. The van der Waals surface area contributed by atoms with Gasteiger partial charge in [-0.1, -0.05) is 36.4 Å². The third-order valence-electron chi connectivity index (χ3n) is 4.95. The monoisotopic (exact) mass is 289 g/mol. The fourth-order valence-electron chi connectivity index (χ4n) is 3.74. The summed E-state index contributed by atoms with van der Waals surface area (Å²) in [7, 11) is 2.16. The Morgan fingerprint density at radius 1 is 0.955 bits per heavy atom. The van der Waals surface area contributed by atoms with Crippen LogP contribution in [0.4, 0.5) is 0 Å². The van der Waals surface area contributed by atoms with Gasteiger partial charge in [0, 0.05) is 12.3 Å². The Balaban J connectivity index is 2.18. The number of hydrogen-bond donors (Lipinski definition) is 0. The smallest absolute Gasteiger partial charge is 0.190 e. The minimum Gasteiger partial charge on any atom is -0.306 e. The van der Waals surface area contributed by atoms with E-state index in [0.29, 0.717) is 6.04 Å². The summed E-state index contributed by atoms with van der Waals surface area (Å²) in [5, 5.41) is 1.34. The van der Waals surface area contributed by atoms with E-state index in [1.54, 1.807) is 0 Å². The summed E-state index contributed by atoms with van der Waals surface area (Å²) in [6, 6.07) is 15.7. The van der Waals surface area contributed by atoms with Crippen molar-refractivity contribution in [1.29, 1.82) is 0 Å². The third kappa shape index (κ3) is 1.64. The van der Waals surface area contributed by atoms with Crippen molar-refractivity contribution in [3.05, 3.63) is 64.8 Å². The fourth-order valence-corrected chi connectivity index (χ4v) is 3.74. The van der Waals surface area contributed by atoms with Crippen molar-refractivity contribution >= 4 is 17.1 Å².